The Morgan fingerprint density at radius 1 is 1.13 bits per heavy atom. The van der Waals surface area contributed by atoms with Gasteiger partial charge < -0.3 is 5.32 Å². The standard InChI is InChI=1S/C21H20ClN3O4S/c1-30(28,29)14-7-9-16(22)18(12-14)24-20(26)13-6-8-15-17(11-13)23-19-5-3-2-4-10-25(19)21(15)27/h6-9,11-12H,2-5,10H2,1H3,(H,24,26). The van der Waals surface area contributed by atoms with Crippen molar-refractivity contribution in [1.82, 2.24) is 9.55 Å². The van der Waals surface area contributed by atoms with E-state index in [9.17, 15) is 18.0 Å². The molecule has 30 heavy (non-hydrogen) atoms. The number of nitrogens with one attached hydrogen (secondary N) is 1. The predicted molar refractivity (Wildman–Crippen MR) is 116 cm³/mol. The molecular weight excluding hydrogens is 426 g/mol. The molecule has 0 fully saturated rings. The van der Waals surface area contributed by atoms with Crippen molar-refractivity contribution < 1.29 is 13.2 Å². The van der Waals surface area contributed by atoms with E-state index in [2.05, 4.69) is 10.3 Å². The average molecular weight is 446 g/mol. The Morgan fingerprint density at radius 3 is 2.70 bits per heavy atom. The molecule has 7 nitrogen and oxygen atoms in total. The van der Waals surface area contributed by atoms with Gasteiger partial charge in [0.25, 0.3) is 11.5 Å². The lowest BCUT2D eigenvalue weighted by atomic mass is 10.1. The number of fused-ring (bicyclic) bond motifs is 2. The zero-order valence-electron chi connectivity index (χ0n) is 16.3. The van der Waals surface area contributed by atoms with Crippen LogP contribution in [0.25, 0.3) is 10.9 Å². The zero-order chi connectivity index (χ0) is 21.5. The smallest absolute Gasteiger partial charge is 0.261 e. The van der Waals surface area contributed by atoms with E-state index in [0.29, 0.717) is 23.0 Å². The van der Waals surface area contributed by atoms with Gasteiger partial charge in [0.1, 0.15) is 5.82 Å². The van der Waals surface area contributed by atoms with Crippen LogP contribution >= 0.6 is 11.6 Å². The largest absolute Gasteiger partial charge is 0.321 e. The monoisotopic (exact) mass is 445 g/mol. The molecule has 0 bridgehead atoms. The van der Waals surface area contributed by atoms with Gasteiger partial charge in [-0.25, -0.2) is 13.4 Å². The number of hydrogen-bond donors (Lipinski definition) is 1. The number of sulfone groups is 1. The maximum absolute atomic E-state index is 12.8. The molecule has 156 valence electrons. The van der Waals surface area contributed by atoms with Crippen molar-refractivity contribution in [1.29, 1.82) is 0 Å². The quantitative estimate of drug-likeness (QED) is 0.666. The molecule has 2 heterocycles. The molecule has 0 aliphatic carbocycles. The first-order valence-corrected chi connectivity index (χ1v) is 11.9. The van der Waals surface area contributed by atoms with Crippen LogP contribution in [-0.2, 0) is 22.8 Å². The van der Waals surface area contributed by atoms with Gasteiger partial charge in [-0.3, -0.25) is 14.2 Å². The molecule has 1 aliphatic rings. The number of anilines is 1. The molecular formula is C21H20ClN3O4S. The first-order valence-electron chi connectivity index (χ1n) is 9.58. The summed E-state index contributed by atoms with van der Waals surface area (Å²) in [6, 6.07) is 8.86. The predicted octanol–water partition coefficient (Wildman–Crippen LogP) is 3.43. The molecule has 1 amide bonds. The van der Waals surface area contributed by atoms with Gasteiger partial charge in [0, 0.05) is 24.8 Å². The van der Waals surface area contributed by atoms with E-state index >= 15 is 0 Å². The van der Waals surface area contributed by atoms with Crippen molar-refractivity contribution in [2.45, 2.75) is 37.1 Å². The Labute approximate surface area is 178 Å². The summed E-state index contributed by atoms with van der Waals surface area (Å²) in [5.41, 5.74) is 0.873. The summed E-state index contributed by atoms with van der Waals surface area (Å²) in [6.45, 7) is 0.661. The van der Waals surface area contributed by atoms with Crippen LogP contribution in [0.3, 0.4) is 0 Å². The van der Waals surface area contributed by atoms with Crippen molar-refractivity contribution in [3.63, 3.8) is 0 Å². The lowest BCUT2D eigenvalue weighted by Gasteiger charge is -2.12. The van der Waals surface area contributed by atoms with Gasteiger partial charge >= 0.3 is 0 Å². The van der Waals surface area contributed by atoms with Crippen LogP contribution < -0.4 is 10.9 Å². The molecule has 0 saturated heterocycles. The van der Waals surface area contributed by atoms with Crippen LogP contribution in [0.5, 0.6) is 0 Å². The number of rotatable bonds is 3. The molecule has 1 aromatic heterocycles. The normalized spacial score (nSPS) is 14.2. The lowest BCUT2D eigenvalue weighted by Crippen LogP contribution is -2.24. The summed E-state index contributed by atoms with van der Waals surface area (Å²) in [7, 11) is -3.44. The number of nitrogens with zero attached hydrogens (tertiary/aromatic N) is 2. The highest BCUT2D eigenvalue weighted by molar-refractivity contribution is 7.90. The summed E-state index contributed by atoms with van der Waals surface area (Å²) < 4.78 is 25.3. The van der Waals surface area contributed by atoms with Crippen LogP contribution in [-0.4, -0.2) is 30.1 Å². The molecule has 0 unspecified atom stereocenters. The fourth-order valence-electron chi connectivity index (χ4n) is 3.58. The minimum absolute atomic E-state index is 0.0538. The van der Waals surface area contributed by atoms with Crippen LogP contribution in [0.2, 0.25) is 5.02 Å². The highest BCUT2D eigenvalue weighted by atomic mass is 35.5. The molecule has 0 radical (unpaired) electrons. The van der Waals surface area contributed by atoms with Gasteiger partial charge in [0.05, 0.1) is 26.5 Å². The van der Waals surface area contributed by atoms with Gasteiger partial charge in [0.2, 0.25) is 0 Å². The first kappa shape index (κ1) is 20.6. The van der Waals surface area contributed by atoms with Crippen LogP contribution in [0.15, 0.2) is 46.1 Å². The number of aromatic nitrogens is 2. The maximum Gasteiger partial charge on any atom is 0.261 e. The molecule has 0 saturated carbocycles. The SMILES string of the molecule is CS(=O)(=O)c1ccc(Cl)c(NC(=O)c2ccc3c(=O)n4c(nc3c2)CCCCC4)c1. The van der Waals surface area contributed by atoms with Crippen molar-refractivity contribution in [3.05, 3.63) is 63.2 Å². The number of aryl methyl sites for hydroxylation is 1. The second kappa shape index (κ2) is 7.85. The van der Waals surface area contributed by atoms with Crippen LogP contribution in [0, 0.1) is 0 Å². The summed E-state index contributed by atoms with van der Waals surface area (Å²) in [5.74, 6) is 0.271. The summed E-state index contributed by atoms with van der Waals surface area (Å²) in [5, 5.41) is 3.33. The fourth-order valence-corrected chi connectivity index (χ4v) is 4.40. The van der Waals surface area contributed by atoms with Gasteiger partial charge in [-0.1, -0.05) is 18.0 Å². The highest BCUT2D eigenvalue weighted by Crippen LogP contribution is 2.26. The highest BCUT2D eigenvalue weighted by Gasteiger charge is 2.17. The molecule has 9 heteroatoms. The number of benzene rings is 2. The molecule has 1 aliphatic heterocycles. The van der Waals surface area contributed by atoms with Crippen molar-refractivity contribution >= 4 is 43.9 Å². The molecule has 0 spiro atoms. The topological polar surface area (TPSA) is 98.1 Å². The second-order valence-corrected chi connectivity index (χ2v) is 9.82. The molecule has 3 aromatic rings. The van der Waals surface area contributed by atoms with Gasteiger partial charge in [-0.15, -0.1) is 0 Å². The first-order chi connectivity index (χ1) is 14.2. The lowest BCUT2D eigenvalue weighted by molar-refractivity contribution is 0.102. The van der Waals surface area contributed by atoms with E-state index in [1.54, 1.807) is 22.8 Å². The van der Waals surface area contributed by atoms with E-state index in [1.807, 2.05) is 0 Å². The summed E-state index contributed by atoms with van der Waals surface area (Å²) >= 11 is 6.12. The average Bonchev–Trinajstić information content (AvgIpc) is 2.94. The Balaban J connectivity index is 1.70. The number of hydrogen-bond acceptors (Lipinski definition) is 5. The zero-order valence-corrected chi connectivity index (χ0v) is 17.9. The number of carbonyl (C=O) groups is 1. The Bertz CT molecular complexity index is 1330. The number of amides is 1. The van der Waals surface area contributed by atoms with E-state index < -0.39 is 15.7 Å². The third-order valence-electron chi connectivity index (χ3n) is 5.19. The fraction of sp³-hybridized carbons (Fsp3) is 0.286. The van der Waals surface area contributed by atoms with Crippen LogP contribution in [0.1, 0.15) is 35.4 Å². The van der Waals surface area contributed by atoms with Gasteiger partial charge in [0.15, 0.2) is 9.84 Å². The van der Waals surface area contributed by atoms with Crippen LogP contribution in [0.4, 0.5) is 5.69 Å². The minimum Gasteiger partial charge on any atom is -0.321 e. The van der Waals surface area contributed by atoms with Crippen molar-refractivity contribution in [3.8, 4) is 0 Å². The molecule has 2 aromatic carbocycles. The third kappa shape index (κ3) is 3.97. The third-order valence-corrected chi connectivity index (χ3v) is 6.63. The Morgan fingerprint density at radius 2 is 1.93 bits per heavy atom. The van der Waals surface area contributed by atoms with E-state index in [1.165, 1.54) is 18.2 Å². The molecule has 4 rings (SSSR count). The van der Waals surface area contributed by atoms with E-state index in [-0.39, 0.29) is 21.2 Å². The van der Waals surface area contributed by atoms with E-state index in [4.69, 9.17) is 11.6 Å². The van der Waals surface area contributed by atoms with E-state index in [0.717, 1.165) is 37.8 Å². The Hall–Kier alpha value is -2.71. The summed E-state index contributed by atoms with van der Waals surface area (Å²) in [6.07, 6.45) is 4.80. The maximum atomic E-state index is 12.8. The Kier molecular flexibility index (Phi) is 5.38. The molecule has 0 atom stereocenters. The summed E-state index contributed by atoms with van der Waals surface area (Å²) in [4.78, 5) is 30.3. The number of halogens is 1. The van der Waals surface area contributed by atoms with Crippen molar-refractivity contribution in [2.75, 3.05) is 11.6 Å². The second-order valence-electron chi connectivity index (χ2n) is 7.40. The van der Waals surface area contributed by atoms with Gasteiger partial charge in [-0.2, -0.15) is 0 Å². The number of carbonyl (C=O) groups excluding carboxylic acids is 1. The molecule has 1 N–H and O–H groups in total. The van der Waals surface area contributed by atoms with Gasteiger partial charge in [-0.05, 0) is 49.2 Å². The van der Waals surface area contributed by atoms with Crippen molar-refractivity contribution in [2.24, 2.45) is 0 Å². The minimum atomic E-state index is -3.44.